The van der Waals surface area contributed by atoms with E-state index < -0.39 is 0 Å². The molecule has 0 saturated carbocycles. The van der Waals surface area contributed by atoms with E-state index >= 15 is 0 Å². The molecule has 1 atom stereocenters. The zero-order chi connectivity index (χ0) is 10.8. The third-order valence-electron chi connectivity index (χ3n) is 2.68. The maximum Gasteiger partial charge on any atom is 0.128 e. The summed E-state index contributed by atoms with van der Waals surface area (Å²) in [6.45, 7) is 5.09. The fourth-order valence-corrected chi connectivity index (χ4v) is 2.07. The van der Waals surface area contributed by atoms with E-state index in [1.54, 1.807) is 6.07 Å². The largest absolute Gasteiger partial charge is 0.383 e. The summed E-state index contributed by atoms with van der Waals surface area (Å²) in [5.41, 5.74) is 1.75. The van der Waals surface area contributed by atoms with Gasteiger partial charge in [0.05, 0.1) is 0 Å². The van der Waals surface area contributed by atoms with Gasteiger partial charge in [-0.2, -0.15) is 0 Å². The first kappa shape index (κ1) is 10.4. The van der Waals surface area contributed by atoms with E-state index in [0.717, 1.165) is 24.2 Å². The van der Waals surface area contributed by atoms with Crippen LogP contribution in [0.2, 0.25) is 0 Å². The number of hydrogen-bond donors (Lipinski definition) is 2. The highest BCUT2D eigenvalue weighted by molar-refractivity contribution is 5.54. The molecule has 0 saturated heterocycles. The molecule has 2 nitrogen and oxygen atoms in total. The molecule has 0 bridgehead atoms. The summed E-state index contributed by atoms with van der Waals surface area (Å²) in [7, 11) is 0. The second-order valence-electron chi connectivity index (χ2n) is 4.37. The third kappa shape index (κ3) is 2.29. The minimum Gasteiger partial charge on any atom is -0.383 e. The summed E-state index contributed by atoms with van der Waals surface area (Å²) in [5.74, 6) is -0.102. The smallest absolute Gasteiger partial charge is 0.128 e. The number of fused-ring (bicyclic) bond motifs is 1. The van der Waals surface area contributed by atoms with E-state index in [-0.39, 0.29) is 5.82 Å². The van der Waals surface area contributed by atoms with Gasteiger partial charge in [-0.15, -0.1) is 0 Å². The van der Waals surface area contributed by atoms with Crippen LogP contribution >= 0.6 is 0 Å². The summed E-state index contributed by atoms with van der Waals surface area (Å²) in [5, 5.41) is 6.68. The summed E-state index contributed by atoms with van der Waals surface area (Å²) in [6.07, 6.45) is 0.771. The Morgan fingerprint density at radius 1 is 1.47 bits per heavy atom. The summed E-state index contributed by atoms with van der Waals surface area (Å²) in [4.78, 5) is 0. The molecule has 0 aromatic heterocycles. The molecule has 2 rings (SSSR count). The van der Waals surface area contributed by atoms with Crippen molar-refractivity contribution in [2.45, 2.75) is 32.4 Å². The molecule has 1 aromatic carbocycles. The average molecular weight is 208 g/mol. The van der Waals surface area contributed by atoms with E-state index in [1.807, 2.05) is 6.07 Å². The summed E-state index contributed by atoms with van der Waals surface area (Å²) >= 11 is 0. The Bertz CT molecular complexity index is 349. The number of rotatable bonds is 2. The van der Waals surface area contributed by atoms with Gasteiger partial charge in [0.1, 0.15) is 5.82 Å². The molecule has 1 heterocycles. The van der Waals surface area contributed by atoms with E-state index in [0.29, 0.717) is 12.1 Å². The number of benzene rings is 1. The zero-order valence-electron chi connectivity index (χ0n) is 9.18. The van der Waals surface area contributed by atoms with Crippen molar-refractivity contribution in [1.82, 2.24) is 5.32 Å². The van der Waals surface area contributed by atoms with Gasteiger partial charge in [0.2, 0.25) is 0 Å². The quantitative estimate of drug-likeness (QED) is 0.778. The molecule has 0 aliphatic carbocycles. The molecule has 2 N–H and O–H groups in total. The molecule has 15 heavy (non-hydrogen) atoms. The Balaban J connectivity index is 2.15. The van der Waals surface area contributed by atoms with E-state index in [4.69, 9.17) is 0 Å². The molecule has 0 amide bonds. The summed E-state index contributed by atoms with van der Waals surface area (Å²) < 4.78 is 13.5. The average Bonchev–Trinajstić information content (AvgIpc) is 2.18. The lowest BCUT2D eigenvalue weighted by Crippen LogP contribution is -2.43. The van der Waals surface area contributed by atoms with Crippen molar-refractivity contribution < 1.29 is 4.39 Å². The zero-order valence-corrected chi connectivity index (χ0v) is 9.18. The Morgan fingerprint density at radius 2 is 2.27 bits per heavy atom. The van der Waals surface area contributed by atoms with Crippen molar-refractivity contribution in [2.24, 2.45) is 0 Å². The van der Waals surface area contributed by atoms with Gasteiger partial charge >= 0.3 is 0 Å². The van der Waals surface area contributed by atoms with Gasteiger partial charge in [0, 0.05) is 29.9 Å². The van der Waals surface area contributed by atoms with Gasteiger partial charge in [0.15, 0.2) is 0 Å². The molecular weight excluding hydrogens is 191 g/mol. The van der Waals surface area contributed by atoms with Crippen LogP contribution in [0.15, 0.2) is 18.2 Å². The normalized spacial score (nSPS) is 19.9. The van der Waals surface area contributed by atoms with Crippen LogP contribution in [0.5, 0.6) is 0 Å². The summed E-state index contributed by atoms with van der Waals surface area (Å²) in [6, 6.07) is 5.97. The minimum atomic E-state index is -0.102. The highest BCUT2D eigenvalue weighted by Crippen LogP contribution is 2.24. The van der Waals surface area contributed by atoms with Crippen LogP contribution in [0.3, 0.4) is 0 Å². The molecule has 0 fully saturated rings. The van der Waals surface area contributed by atoms with Crippen molar-refractivity contribution in [1.29, 1.82) is 0 Å². The number of anilines is 1. The van der Waals surface area contributed by atoms with E-state index in [2.05, 4.69) is 24.5 Å². The highest BCUT2D eigenvalue weighted by atomic mass is 19.1. The maximum atomic E-state index is 13.5. The number of halogens is 1. The van der Waals surface area contributed by atoms with Crippen LogP contribution in [-0.4, -0.2) is 18.6 Å². The Kier molecular flexibility index (Phi) is 2.91. The van der Waals surface area contributed by atoms with Gasteiger partial charge in [0.25, 0.3) is 0 Å². The molecule has 0 spiro atoms. The Morgan fingerprint density at radius 3 is 3.00 bits per heavy atom. The molecular formula is C12H17FN2. The first-order chi connectivity index (χ1) is 7.16. The first-order valence-electron chi connectivity index (χ1n) is 5.44. The van der Waals surface area contributed by atoms with Crippen molar-refractivity contribution in [3.05, 3.63) is 29.6 Å². The molecule has 3 heteroatoms. The molecule has 1 aromatic rings. The van der Waals surface area contributed by atoms with E-state index in [1.165, 1.54) is 6.07 Å². The molecule has 82 valence electrons. The molecule has 0 radical (unpaired) electrons. The second kappa shape index (κ2) is 4.19. The van der Waals surface area contributed by atoms with Crippen LogP contribution in [-0.2, 0) is 6.42 Å². The maximum absolute atomic E-state index is 13.5. The van der Waals surface area contributed by atoms with Crippen LogP contribution in [0.25, 0.3) is 0 Å². The lowest BCUT2D eigenvalue weighted by Gasteiger charge is -2.28. The topological polar surface area (TPSA) is 24.1 Å². The lowest BCUT2D eigenvalue weighted by atomic mass is 9.98. The monoisotopic (exact) mass is 208 g/mol. The Labute approximate surface area is 89.9 Å². The molecule has 1 aliphatic rings. The van der Waals surface area contributed by atoms with Crippen LogP contribution in [0.1, 0.15) is 19.4 Å². The fraction of sp³-hybridized carbons (Fsp3) is 0.500. The van der Waals surface area contributed by atoms with Gasteiger partial charge in [-0.3, -0.25) is 0 Å². The third-order valence-corrected chi connectivity index (χ3v) is 2.68. The lowest BCUT2D eigenvalue weighted by molar-refractivity contribution is 0.458. The van der Waals surface area contributed by atoms with Crippen molar-refractivity contribution >= 4 is 5.69 Å². The molecule has 1 unspecified atom stereocenters. The van der Waals surface area contributed by atoms with Crippen LogP contribution in [0.4, 0.5) is 10.1 Å². The second-order valence-corrected chi connectivity index (χ2v) is 4.37. The SMILES string of the molecule is CC(C)NC1CNc2cccc(F)c2C1. The predicted molar refractivity (Wildman–Crippen MR) is 60.7 cm³/mol. The number of nitrogens with one attached hydrogen (secondary N) is 2. The van der Waals surface area contributed by atoms with Gasteiger partial charge in [-0.1, -0.05) is 19.9 Å². The van der Waals surface area contributed by atoms with Crippen molar-refractivity contribution in [3.63, 3.8) is 0 Å². The molecule has 1 aliphatic heterocycles. The highest BCUT2D eigenvalue weighted by Gasteiger charge is 2.20. The van der Waals surface area contributed by atoms with Gasteiger partial charge < -0.3 is 10.6 Å². The first-order valence-corrected chi connectivity index (χ1v) is 5.44. The minimum absolute atomic E-state index is 0.102. The van der Waals surface area contributed by atoms with Crippen LogP contribution < -0.4 is 10.6 Å². The van der Waals surface area contributed by atoms with Gasteiger partial charge in [-0.05, 0) is 18.6 Å². The van der Waals surface area contributed by atoms with Gasteiger partial charge in [-0.25, -0.2) is 4.39 Å². The number of hydrogen-bond acceptors (Lipinski definition) is 2. The van der Waals surface area contributed by atoms with Crippen molar-refractivity contribution in [3.8, 4) is 0 Å². The predicted octanol–water partition coefficient (Wildman–Crippen LogP) is 2.16. The van der Waals surface area contributed by atoms with Crippen molar-refractivity contribution in [2.75, 3.05) is 11.9 Å². The fourth-order valence-electron chi connectivity index (χ4n) is 2.07. The standard InChI is InChI=1S/C12H17FN2/c1-8(2)15-9-6-10-11(13)4-3-5-12(10)14-7-9/h3-5,8-9,14-15H,6-7H2,1-2H3. The Hall–Kier alpha value is -1.09. The van der Waals surface area contributed by atoms with E-state index in [9.17, 15) is 4.39 Å². The van der Waals surface area contributed by atoms with Crippen LogP contribution in [0, 0.1) is 5.82 Å².